The molecular weight excluding hydrogens is 626 g/mol. The number of carboxylic acids is 1. The Morgan fingerprint density at radius 1 is 0.644 bits per heavy atom. The Bertz CT molecular complexity index is 1260. The van der Waals surface area contributed by atoms with Crippen molar-refractivity contribution in [2.45, 2.75) is 61.3 Å². The summed E-state index contributed by atoms with van der Waals surface area (Å²) in [4.78, 5) is 24.5. The number of aromatic carboxylic acids is 1. The van der Waals surface area contributed by atoms with Crippen LogP contribution in [0.25, 0.3) is 12.2 Å². The lowest BCUT2D eigenvalue weighted by Gasteiger charge is -2.40. The number of hydrogen-bond donors (Lipinski definition) is 13. The van der Waals surface area contributed by atoms with E-state index in [0.29, 0.717) is 11.1 Å². The molecule has 10 atom stereocenters. The molecule has 0 aliphatic heterocycles. The fourth-order valence-corrected chi connectivity index (χ4v) is 4.26. The van der Waals surface area contributed by atoms with Crippen LogP contribution in [0.2, 0.25) is 5.02 Å². The van der Waals surface area contributed by atoms with Gasteiger partial charge >= 0.3 is 5.97 Å². The minimum Gasteiger partial charge on any atom is -0.478 e. The zero-order chi connectivity index (χ0) is 34.2. The van der Waals surface area contributed by atoms with Gasteiger partial charge in [0, 0.05) is 10.6 Å². The maximum absolute atomic E-state index is 13.5. The molecule has 1 amide bonds. The molecule has 16 nitrogen and oxygen atoms in total. The van der Waals surface area contributed by atoms with E-state index in [0.717, 1.165) is 12.1 Å². The first-order valence-electron chi connectivity index (χ1n) is 13.2. The molecule has 45 heavy (non-hydrogen) atoms. The monoisotopic (exact) mass is 661 g/mol. The predicted octanol–water partition coefficient (Wildman–Crippen LogP) is -3.84. The fourth-order valence-electron chi connectivity index (χ4n) is 4.02. The lowest BCUT2D eigenvalue weighted by molar-refractivity contribution is -0.213. The van der Waals surface area contributed by atoms with E-state index in [1.807, 2.05) is 0 Å². The van der Waals surface area contributed by atoms with Gasteiger partial charge in [-0.25, -0.2) is 4.79 Å². The molecule has 0 radical (unpaired) electrons. The molecule has 2 rings (SSSR count). The van der Waals surface area contributed by atoms with Gasteiger partial charge < -0.3 is 66.4 Å². The molecule has 2 unspecified atom stereocenters. The summed E-state index contributed by atoms with van der Waals surface area (Å²) in [6, 6.07) is 9.30. The first-order chi connectivity index (χ1) is 21.1. The Morgan fingerprint density at radius 3 is 1.49 bits per heavy atom. The van der Waals surface area contributed by atoms with Crippen LogP contribution >= 0.6 is 11.6 Å². The first kappa shape index (κ1) is 38.1. The van der Waals surface area contributed by atoms with E-state index in [-0.39, 0.29) is 15.5 Å². The summed E-state index contributed by atoms with van der Waals surface area (Å²) in [5.74, 6) is -2.51. The van der Waals surface area contributed by atoms with Gasteiger partial charge in [0.2, 0.25) is 0 Å². The number of amides is 1. The Balaban J connectivity index is 2.45. The molecule has 0 saturated carbocycles. The van der Waals surface area contributed by atoms with Crippen LogP contribution in [0, 0.1) is 0 Å². The zero-order valence-electron chi connectivity index (χ0n) is 23.3. The van der Waals surface area contributed by atoms with E-state index in [2.05, 4.69) is 0 Å². The number of hydrogen-bond acceptors (Lipinski definition) is 14. The van der Waals surface area contributed by atoms with Gasteiger partial charge in [0.25, 0.3) is 5.91 Å². The molecule has 17 heteroatoms. The predicted molar refractivity (Wildman–Crippen MR) is 154 cm³/mol. The van der Waals surface area contributed by atoms with Crippen LogP contribution in [0.1, 0.15) is 31.8 Å². The Kier molecular flexibility index (Phi) is 14.4. The summed E-state index contributed by atoms with van der Waals surface area (Å²) in [7, 11) is 0. The second-order valence-corrected chi connectivity index (χ2v) is 10.4. The summed E-state index contributed by atoms with van der Waals surface area (Å²) in [5, 5.41) is 129. The Labute approximate surface area is 260 Å². The number of carbonyl (C=O) groups excluding carboxylic acids is 1. The van der Waals surface area contributed by atoms with Crippen molar-refractivity contribution in [3.8, 4) is 0 Å². The molecule has 0 aliphatic rings. The molecule has 0 fully saturated rings. The Morgan fingerprint density at radius 2 is 1.09 bits per heavy atom. The van der Waals surface area contributed by atoms with Crippen LogP contribution in [0.3, 0.4) is 0 Å². The largest absolute Gasteiger partial charge is 0.478 e. The third-order valence-corrected chi connectivity index (χ3v) is 7.17. The average Bonchev–Trinajstić information content (AvgIpc) is 3.04. The number of aliphatic hydroxyl groups excluding tert-OH is 12. The average molecular weight is 662 g/mol. The number of nitrogens with zero attached hydrogens (tertiary/aromatic N) is 1. The normalized spacial score (nSPS) is 18.7. The number of carboxylic acid groups (broad SMARTS) is 1. The van der Waals surface area contributed by atoms with Gasteiger partial charge in [-0.15, -0.1) is 0 Å². The quantitative estimate of drug-likeness (QED) is 0.0605. The molecular formula is C28H36ClNO15. The molecule has 13 N–H and O–H groups in total. The van der Waals surface area contributed by atoms with Gasteiger partial charge in [-0.05, 0) is 35.4 Å². The van der Waals surface area contributed by atoms with Gasteiger partial charge in [-0.3, -0.25) is 9.69 Å². The molecule has 0 spiro atoms. The van der Waals surface area contributed by atoms with E-state index >= 15 is 0 Å². The van der Waals surface area contributed by atoms with E-state index in [1.165, 1.54) is 36.4 Å². The molecule has 2 aromatic carbocycles. The second kappa shape index (κ2) is 17.0. The highest BCUT2D eigenvalue weighted by atomic mass is 35.5. The van der Waals surface area contributed by atoms with Crippen LogP contribution in [-0.2, 0) is 0 Å². The summed E-state index contributed by atoms with van der Waals surface area (Å²) >= 11 is 6.31. The van der Waals surface area contributed by atoms with Gasteiger partial charge in [0.1, 0.15) is 48.8 Å². The van der Waals surface area contributed by atoms with Crippen molar-refractivity contribution in [2.24, 2.45) is 0 Å². The smallest absolute Gasteiger partial charge is 0.335 e. The van der Waals surface area contributed by atoms with Gasteiger partial charge in [0.15, 0.2) is 12.5 Å². The Hall–Kier alpha value is -3.07. The van der Waals surface area contributed by atoms with E-state index in [1.54, 1.807) is 6.08 Å². The van der Waals surface area contributed by atoms with E-state index < -0.39 is 91.9 Å². The lowest BCUT2D eigenvalue weighted by atomic mass is 9.98. The van der Waals surface area contributed by atoms with E-state index in [4.69, 9.17) is 26.9 Å². The van der Waals surface area contributed by atoms with Gasteiger partial charge in [0.05, 0.1) is 18.8 Å². The molecule has 0 aliphatic carbocycles. The summed E-state index contributed by atoms with van der Waals surface area (Å²) in [5.41, 5.74) is 0.582. The third kappa shape index (κ3) is 9.47. The van der Waals surface area contributed by atoms with Crippen LogP contribution in [-0.4, -0.2) is 158 Å². The molecule has 0 bridgehead atoms. The van der Waals surface area contributed by atoms with Crippen molar-refractivity contribution < 1.29 is 76.0 Å². The first-order valence-corrected chi connectivity index (χ1v) is 13.6. The van der Waals surface area contributed by atoms with Crippen LogP contribution in [0.4, 0.5) is 0 Å². The number of halogens is 1. The number of benzene rings is 2. The standard InChI is InChI=1S/C28H36ClNO15/c29-16-9-15(8-7-13(16)4-1-12-2-5-14(6-3-12)28(44)45)25(41)30(26(42)23(39)21(37)19(35)17(33)10-31)27(43)24(40)22(38)20(36)18(34)11-32/h1-9,17-24,26-27,31-40,42-43H,10-11H2,(H,44,45)/b4-1-/t17-,18-,19-,20-,21+,22+,23-,24-,26?,27?/m1/s1. The highest BCUT2D eigenvalue weighted by Crippen LogP contribution is 2.25. The van der Waals surface area contributed by atoms with Crippen LogP contribution < -0.4 is 0 Å². The van der Waals surface area contributed by atoms with Crippen molar-refractivity contribution in [1.82, 2.24) is 4.90 Å². The fraction of sp³-hybridized carbons (Fsp3) is 0.429. The lowest BCUT2D eigenvalue weighted by Crippen LogP contribution is -2.63. The topological polar surface area (TPSA) is 300 Å². The summed E-state index contributed by atoms with van der Waals surface area (Å²) < 4.78 is 0. The molecule has 0 saturated heterocycles. The summed E-state index contributed by atoms with van der Waals surface area (Å²) in [6.07, 6.45) is -21.1. The summed E-state index contributed by atoms with van der Waals surface area (Å²) in [6.45, 7) is -2.18. The van der Waals surface area contributed by atoms with Gasteiger partial charge in [-0.1, -0.05) is 42.0 Å². The minimum atomic E-state index is -2.71. The van der Waals surface area contributed by atoms with Crippen molar-refractivity contribution >= 4 is 35.6 Å². The SMILES string of the molecule is O=C(O)c1ccc(/C=C\c2ccc(C(=O)N(C(O)[C@H](O)[C@@H](O)[C@H](O)[C@H](O)CO)C(O)[C@H](O)[C@@H](O)[C@H](O)[C@H](O)CO)cc2Cl)cc1. The van der Waals surface area contributed by atoms with Crippen LogP contribution in [0.15, 0.2) is 42.5 Å². The zero-order valence-corrected chi connectivity index (χ0v) is 24.1. The van der Waals surface area contributed by atoms with Crippen molar-refractivity contribution in [1.29, 1.82) is 0 Å². The van der Waals surface area contributed by atoms with Crippen molar-refractivity contribution in [3.63, 3.8) is 0 Å². The maximum atomic E-state index is 13.5. The van der Waals surface area contributed by atoms with Gasteiger partial charge in [-0.2, -0.15) is 0 Å². The second-order valence-electron chi connectivity index (χ2n) is 9.98. The highest BCUT2D eigenvalue weighted by molar-refractivity contribution is 6.32. The van der Waals surface area contributed by atoms with Crippen molar-refractivity contribution in [3.05, 3.63) is 69.7 Å². The molecule has 0 heterocycles. The van der Waals surface area contributed by atoms with Crippen molar-refractivity contribution in [2.75, 3.05) is 13.2 Å². The van der Waals surface area contributed by atoms with Crippen LogP contribution in [0.5, 0.6) is 0 Å². The molecule has 250 valence electrons. The third-order valence-electron chi connectivity index (χ3n) is 6.84. The van der Waals surface area contributed by atoms with E-state index in [9.17, 15) is 60.7 Å². The minimum absolute atomic E-state index is 0.0525. The number of rotatable bonds is 16. The maximum Gasteiger partial charge on any atom is 0.335 e. The molecule has 0 aromatic heterocycles. The highest BCUT2D eigenvalue weighted by Gasteiger charge is 2.45. The number of carbonyl (C=O) groups is 2. The molecule has 2 aromatic rings. The number of aliphatic hydroxyl groups is 12.